The van der Waals surface area contributed by atoms with Crippen molar-refractivity contribution < 1.29 is 27.5 Å². The number of sulfonamides is 1. The Balaban J connectivity index is 2.14. The molecule has 2 atom stereocenters. The zero-order valence-corrected chi connectivity index (χ0v) is 16.3. The molecule has 1 aliphatic rings. The van der Waals surface area contributed by atoms with Crippen molar-refractivity contribution in [1.82, 2.24) is 14.9 Å². The lowest BCUT2D eigenvalue weighted by atomic mass is 10.2. The Hall–Kier alpha value is -2.50. The van der Waals surface area contributed by atoms with Crippen molar-refractivity contribution in [3.05, 3.63) is 30.3 Å². The van der Waals surface area contributed by atoms with E-state index in [1.54, 1.807) is 18.2 Å². The molecule has 1 unspecified atom stereocenters. The quantitative estimate of drug-likeness (QED) is 0.444. The molecule has 10 nitrogen and oxygen atoms in total. The summed E-state index contributed by atoms with van der Waals surface area (Å²) in [6.07, 6.45) is 0.831. The van der Waals surface area contributed by atoms with Crippen LogP contribution in [-0.2, 0) is 29.1 Å². The Morgan fingerprint density at radius 1 is 1.29 bits per heavy atom. The zero-order valence-electron chi connectivity index (χ0n) is 15.5. The Labute approximate surface area is 163 Å². The van der Waals surface area contributed by atoms with E-state index in [1.807, 2.05) is 0 Å². The molecule has 2 rings (SSSR count). The van der Waals surface area contributed by atoms with Crippen LogP contribution in [0.25, 0.3) is 0 Å². The highest BCUT2D eigenvalue weighted by Crippen LogP contribution is 2.26. The molecule has 4 N–H and O–H groups in total. The summed E-state index contributed by atoms with van der Waals surface area (Å²) in [5.41, 5.74) is 5.20. The predicted molar refractivity (Wildman–Crippen MR) is 99.4 cm³/mol. The predicted octanol–water partition coefficient (Wildman–Crippen LogP) is -1.43. The molecule has 154 valence electrons. The van der Waals surface area contributed by atoms with Gasteiger partial charge in [0.15, 0.2) is 0 Å². The minimum atomic E-state index is -3.85. The maximum atomic E-state index is 12.9. The summed E-state index contributed by atoms with van der Waals surface area (Å²) in [5, 5.41) is 4.87. The Kier molecular flexibility index (Phi) is 7.49. The molecule has 0 spiro atoms. The number of methoxy groups -OCH3 is 1. The average Bonchev–Trinajstić information content (AvgIpc) is 3.21. The fourth-order valence-electron chi connectivity index (χ4n) is 2.91. The van der Waals surface area contributed by atoms with Crippen LogP contribution in [0.15, 0.2) is 35.2 Å². The van der Waals surface area contributed by atoms with Crippen molar-refractivity contribution in [2.45, 2.75) is 29.8 Å². The number of rotatable bonds is 8. The number of ether oxygens (including phenoxy) is 1. The Morgan fingerprint density at radius 3 is 2.57 bits per heavy atom. The molecule has 11 heteroatoms. The molecule has 0 bridgehead atoms. The van der Waals surface area contributed by atoms with Crippen LogP contribution in [0.5, 0.6) is 0 Å². The highest BCUT2D eigenvalue weighted by molar-refractivity contribution is 7.89. The van der Waals surface area contributed by atoms with Crippen molar-refractivity contribution >= 4 is 27.8 Å². The summed E-state index contributed by atoms with van der Waals surface area (Å²) in [6.45, 7) is -0.289. The van der Waals surface area contributed by atoms with Crippen LogP contribution < -0.4 is 16.4 Å². The first kappa shape index (κ1) is 21.8. The summed E-state index contributed by atoms with van der Waals surface area (Å²) >= 11 is 0. The SMILES string of the molecule is COC(=O)C(CNC(=O)CN)NC(=O)[C@@H]1CCCN1S(=O)(=O)c1ccccc1. The number of carbonyl (C=O) groups is 3. The molecule has 1 aromatic carbocycles. The number of benzene rings is 1. The van der Waals surface area contributed by atoms with Gasteiger partial charge in [0.05, 0.1) is 18.6 Å². The fourth-order valence-corrected chi connectivity index (χ4v) is 4.59. The molecular formula is C17H24N4O6S. The number of carbonyl (C=O) groups excluding carboxylic acids is 3. The van der Waals surface area contributed by atoms with Gasteiger partial charge in [0.2, 0.25) is 21.8 Å². The summed E-state index contributed by atoms with van der Waals surface area (Å²) in [5.74, 6) is -1.90. The third kappa shape index (κ3) is 5.06. The molecule has 1 fully saturated rings. The van der Waals surface area contributed by atoms with Gasteiger partial charge in [0.25, 0.3) is 0 Å². The lowest BCUT2D eigenvalue weighted by Crippen LogP contribution is -2.54. The number of amides is 2. The Bertz CT molecular complexity index is 814. The van der Waals surface area contributed by atoms with Crippen LogP contribution in [0.3, 0.4) is 0 Å². The summed E-state index contributed by atoms with van der Waals surface area (Å²) < 4.78 is 31.5. The van der Waals surface area contributed by atoms with Crippen molar-refractivity contribution in [3.8, 4) is 0 Å². The van der Waals surface area contributed by atoms with Crippen LogP contribution in [-0.4, -0.2) is 69.3 Å². The molecule has 28 heavy (non-hydrogen) atoms. The van der Waals surface area contributed by atoms with E-state index >= 15 is 0 Å². The van der Waals surface area contributed by atoms with Gasteiger partial charge in [0.1, 0.15) is 12.1 Å². The minimum Gasteiger partial charge on any atom is -0.467 e. The monoisotopic (exact) mass is 412 g/mol. The summed E-state index contributed by atoms with van der Waals surface area (Å²) in [6, 6.07) is 5.71. The normalized spacial score (nSPS) is 18.3. The summed E-state index contributed by atoms with van der Waals surface area (Å²) in [4.78, 5) is 36.0. The van der Waals surface area contributed by atoms with Gasteiger partial charge in [-0.3, -0.25) is 9.59 Å². The van der Waals surface area contributed by atoms with Crippen molar-refractivity contribution in [1.29, 1.82) is 0 Å². The lowest BCUT2D eigenvalue weighted by molar-refractivity contribution is -0.145. The van der Waals surface area contributed by atoms with Gasteiger partial charge >= 0.3 is 5.97 Å². The van der Waals surface area contributed by atoms with E-state index in [9.17, 15) is 22.8 Å². The van der Waals surface area contributed by atoms with Gasteiger partial charge in [0, 0.05) is 13.1 Å². The second-order valence-corrected chi connectivity index (χ2v) is 8.07. The third-order valence-electron chi connectivity index (χ3n) is 4.35. The number of esters is 1. The highest BCUT2D eigenvalue weighted by atomic mass is 32.2. The highest BCUT2D eigenvalue weighted by Gasteiger charge is 2.40. The fraction of sp³-hybridized carbons (Fsp3) is 0.471. The van der Waals surface area contributed by atoms with Crippen LogP contribution >= 0.6 is 0 Å². The number of hydrogen-bond acceptors (Lipinski definition) is 7. The third-order valence-corrected chi connectivity index (χ3v) is 6.27. The topological polar surface area (TPSA) is 148 Å². The van der Waals surface area contributed by atoms with Gasteiger partial charge in [-0.25, -0.2) is 13.2 Å². The maximum absolute atomic E-state index is 12.9. The first-order chi connectivity index (χ1) is 13.3. The van der Waals surface area contributed by atoms with E-state index in [2.05, 4.69) is 15.4 Å². The van der Waals surface area contributed by atoms with E-state index in [-0.39, 0.29) is 24.5 Å². The van der Waals surface area contributed by atoms with Gasteiger partial charge in [-0.15, -0.1) is 0 Å². The number of hydrogen-bond donors (Lipinski definition) is 3. The van der Waals surface area contributed by atoms with Crippen LogP contribution in [0.1, 0.15) is 12.8 Å². The summed E-state index contributed by atoms with van der Waals surface area (Å²) in [7, 11) is -2.71. The molecule has 2 amide bonds. The molecule has 1 heterocycles. The molecule has 0 radical (unpaired) electrons. The first-order valence-electron chi connectivity index (χ1n) is 8.73. The second-order valence-electron chi connectivity index (χ2n) is 6.18. The molecule has 0 aliphatic carbocycles. The zero-order chi connectivity index (χ0) is 20.7. The smallest absolute Gasteiger partial charge is 0.330 e. The van der Waals surface area contributed by atoms with Gasteiger partial charge in [-0.2, -0.15) is 4.31 Å². The maximum Gasteiger partial charge on any atom is 0.330 e. The van der Waals surface area contributed by atoms with E-state index in [4.69, 9.17) is 5.73 Å². The van der Waals surface area contributed by atoms with Gasteiger partial charge < -0.3 is 21.1 Å². The largest absolute Gasteiger partial charge is 0.467 e. The average molecular weight is 412 g/mol. The van der Waals surface area contributed by atoms with E-state index in [0.29, 0.717) is 12.8 Å². The van der Waals surface area contributed by atoms with Crippen LogP contribution in [0.4, 0.5) is 0 Å². The van der Waals surface area contributed by atoms with E-state index in [0.717, 1.165) is 11.4 Å². The van der Waals surface area contributed by atoms with Gasteiger partial charge in [-0.1, -0.05) is 18.2 Å². The molecule has 0 aromatic heterocycles. The van der Waals surface area contributed by atoms with Gasteiger partial charge in [-0.05, 0) is 25.0 Å². The molecule has 1 aromatic rings. The Morgan fingerprint density at radius 2 is 1.96 bits per heavy atom. The minimum absolute atomic E-state index is 0.0921. The number of nitrogens with one attached hydrogen (secondary N) is 2. The molecular weight excluding hydrogens is 388 g/mol. The number of nitrogens with zero attached hydrogens (tertiary/aromatic N) is 1. The molecule has 0 saturated carbocycles. The first-order valence-corrected chi connectivity index (χ1v) is 10.2. The lowest BCUT2D eigenvalue weighted by Gasteiger charge is -2.25. The van der Waals surface area contributed by atoms with Crippen LogP contribution in [0.2, 0.25) is 0 Å². The van der Waals surface area contributed by atoms with E-state index < -0.39 is 39.9 Å². The van der Waals surface area contributed by atoms with Crippen molar-refractivity contribution in [3.63, 3.8) is 0 Å². The number of nitrogens with two attached hydrogens (primary N) is 1. The molecule has 1 aliphatic heterocycles. The molecule has 1 saturated heterocycles. The van der Waals surface area contributed by atoms with Crippen molar-refractivity contribution in [2.75, 3.05) is 26.7 Å². The van der Waals surface area contributed by atoms with Crippen molar-refractivity contribution in [2.24, 2.45) is 5.73 Å². The standard InChI is InChI=1S/C17H24N4O6S/c1-27-17(24)13(11-19-15(22)10-18)20-16(23)14-8-5-9-21(14)28(25,26)12-6-3-2-4-7-12/h2-4,6-7,13-14H,5,8-11,18H2,1H3,(H,19,22)(H,20,23)/t13?,14-/m0/s1. The van der Waals surface area contributed by atoms with Crippen LogP contribution in [0, 0.1) is 0 Å². The van der Waals surface area contributed by atoms with E-state index in [1.165, 1.54) is 12.1 Å². The second kappa shape index (κ2) is 9.62.